The number of rotatable bonds is 4. The average molecular weight is 280 g/mol. The van der Waals surface area contributed by atoms with Gasteiger partial charge in [-0.25, -0.2) is 4.79 Å². The molecule has 2 aromatic rings. The van der Waals surface area contributed by atoms with E-state index in [2.05, 4.69) is 4.74 Å². The van der Waals surface area contributed by atoms with E-state index >= 15 is 0 Å². The summed E-state index contributed by atoms with van der Waals surface area (Å²) in [4.78, 5) is 11.0. The number of para-hydroxylation sites is 1. The fourth-order valence-electron chi connectivity index (χ4n) is 1.77. The van der Waals surface area contributed by atoms with Crippen molar-refractivity contribution in [3.8, 4) is 5.75 Å². The lowest BCUT2D eigenvalue weighted by Gasteiger charge is -1.98. The van der Waals surface area contributed by atoms with E-state index in [1.54, 1.807) is 18.2 Å². The summed E-state index contributed by atoms with van der Waals surface area (Å²) in [6, 6.07) is 14.9. The number of aromatic hydroxyl groups is 1. The van der Waals surface area contributed by atoms with Crippen LogP contribution in [0, 0.1) is 0 Å². The maximum absolute atomic E-state index is 11.0. The molecule has 2 aromatic carbocycles. The second-order valence-corrected chi connectivity index (χ2v) is 4.42. The fourth-order valence-corrected chi connectivity index (χ4v) is 1.77. The van der Waals surface area contributed by atoms with Crippen molar-refractivity contribution in [1.29, 1.82) is 0 Å². The third kappa shape index (κ3) is 4.35. The molecule has 0 bridgehead atoms. The van der Waals surface area contributed by atoms with Crippen molar-refractivity contribution in [2.24, 2.45) is 0 Å². The molecule has 0 saturated carbocycles. The predicted octanol–water partition coefficient (Wildman–Crippen LogP) is 3.75. The van der Waals surface area contributed by atoms with Crippen LogP contribution in [0.4, 0.5) is 0 Å². The van der Waals surface area contributed by atoms with Gasteiger partial charge in [-0.1, -0.05) is 54.6 Å². The SMILES string of the molecule is COC(=O)/C=C/c1ccc(/C=C/c2ccccc2O)cc1. The number of esters is 1. The summed E-state index contributed by atoms with van der Waals surface area (Å²) in [5, 5.41) is 9.67. The fraction of sp³-hybridized carbons (Fsp3) is 0.0556. The number of hydrogen-bond donors (Lipinski definition) is 1. The van der Waals surface area contributed by atoms with Crippen molar-refractivity contribution in [2.75, 3.05) is 7.11 Å². The molecular formula is C18H16O3. The van der Waals surface area contributed by atoms with E-state index in [0.29, 0.717) is 0 Å². The summed E-state index contributed by atoms with van der Waals surface area (Å²) in [5.74, 6) is -0.120. The minimum atomic E-state index is -0.376. The topological polar surface area (TPSA) is 46.5 Å². The molecule has 106 valence electrons. The van der Waals surface area contributed by atoms with E-state index in [1.165, 1.54) is 13.2 Å². The van der Waals surface area contributed by atoms with Gasteiger partial charge in [-0.05, 0) is 23.3 Å². The molecule has 0 aliphatic heterocycles. The Morgan fingerprint density at radius 3 is 2.19 bits per heavy atom. The second kappa shape index (κ2) is 7.10. The molecule has 3 nitrogen and oxygen atoms in total. The first-order valence-electron chi connectivity index (χ1n) is 6.51. The number of benzene rings is 2. The molecular weight excluding hydrogens is 264 g/mol. The van der Waals surface area contributed by atoms with Crippen LogP contribution in [0.2, 0.25) is 0 Å². The number of methoxy groups -OCH3 is 1. The molecule has 0 aromatic heterocycles. The molecule has 1 N–H and O–H groups in total. The summed E-state index contributed by atoms with van der Waals surface area (Å²) in [6.07, 6.45) is 6.85. The Balaban J connectivity index is 2.08. The Hall–Kier alpha value is -2.81. The molecule has 2 rings (SSSR count). The molecule has 0 radical (unpaired) electrons. The maximum atomic E-state index is 11.0. The van der Waals surface area contributed by atoms with Gasteiger partial charge in [0.25, 0.3) is 0 Å². The Morgan fingerprint density at radius 2 is 1.57 bits per heavy atom. The van der Waals surface area contributed by atoms with Crippen molar-refractivity contribution in [2.45, 2.75) is 0 Å². The molecule has 0 saturated heterocycles. The predicted molar refractivity (Wildman–Crippen MR) is 84.5 cm³/mol. The van der Waals surface area contributed by atoms with Crippen molar-refractivity contribution in [3.05, 3.63) is 71.3 Å². The zero-order valence-corrected chi connectivity index (χ0v) is 11.7. The third-order valence-electron chi connectivity index (χ3n) is 2.94. The second-order valence-electron chi connectivity index (χ2n) is 4.42. The maximum Gasteiger partial charge on any atom is 0.330 e. The molecule has 0 atom stereocenters. The van der Waals surface area contributed by atoms with Crippen molar-refractivity contribution in [3.63, 3.8) is 0 Å². The van der Waals surface area contributed by atoms with Crippen molar-refractivity contribution >= 4 is 24.2 Å². The molecule has 21 heavy (non-hydrogen) atoms. The van der Waals surface area contributed by atoms with Crippen LogP contribution in [0.3, 0.4) is 0 Å². The molecule has 0 unspecified atom stereocenters. The van der Waals surface area contributed by atoms with Gasteiger partial charge in [-0.15, -0.1) is 0 Å². The zero-order valence-electron chi connectivity index (χ0n) is 11.7. The van der Waals surface area contributed by atoms with Gasteiger partial charge < -0.3 is 9.84 Å². The molecule has 0 aliphatic carbocycles. The van der Waals surface area contributed by atoms with Crippen LogP contribution in [-0.4, -0.2) is 18.2 Å². The Labute approximate surface area is 123 Å². The van der Waals surface area contributed by atoms with Gasteiger partial charge in [0, 0.05) is 11.6 Å². The van der Waals surface area contributed by atoms with Gasteiger partial charge in [0.15, 0.2) is 0 Å². The standard InChI is InChI=1S/C18H16O3/c1-21-18(20)13-11-15-8-6-14(7-9-15)10-12-16-4-2-3-5-17(16)19/h2-13,19H,1H3/b12-10+,13-11+. The Bertz CT molecular complexity index is 667. The Morgan fingerprint density at radius 1 is 0.952 bits per heavy atom. The van der Waals surface area contributed by atoms with Crippen LogP contribution in [0.1, 0.15) is 16.7 Å². The minimum absolute atomic E-state index is 0.256. The van der Waals surface area contributed by atoms with Crippen LogP contribution in [0.25, 0.3) is 18.2 Å². The summed E-state index contributed by atoms with van der Waals surface area (Å²) < 4.78 is 4.53. The van der Waals surface area contributed by atoms with E-state index in [1.807, 2.05) is 48.6 Å². The van der Waals surface area contributed by atoms with E-state index < -0.39 is 0 Å². The van der Waals surface area contributed by atoms with Gasteiger partial charge in [0.2, 0.25) is 0 Å². The average Bonchev–Trinajstić information content (AvgIpc) is 2.53. The lowest BCUT2D eigenvalue weighted by Crippen LogP contribution is -1.93. The summed E-state index contributed by atoms with van der Waals surface area (Å²) in [5.41, 5.74) is 2.70. The third-order valence-corrected chi connectivity index (χ3v) is 2.94. The van der Waals surface area contributed by atoms with Crippen LogP contribution < -0.4 is 0 Å². The molecule has 0 aliphatic rings. The summed E-state index contributed by atoms with van der Waals surface area (Å²) in [7, 11) is 1.35. The zero-order chi connectivity index (χ0) is 15.1. The highest BCUT2D eigenvalue weighted by atomic mass is 16.5. The molecule has 0 heterocycles. The summed E-state index contributed by atoms with van der Waals surface area (Å²) >= 11 is 0. The first kappa shape index (κ1) is 14.6. The number of phenolic OH excluding ortho intramolecular Hbond substituents is 1. The van der Waals surface area contributed by atoms with Crippen LogP contribution in [0.5, 0.6) is 5.75 Å². The monoisotopic (exact) mass is 280 g/mol. The normalized spacial score (nSPS) is 11.1. The first-order chi connectivity index (χ1) is 10.2. The van der Waals surface area contributed by atoms with Crippen molar-refractivity contribution in [1.82, 2.24) is 0 Å². The highest BCUT2D eigenvalue weighted by Crippen LogP contribution is 2.18. The molecule has 0 spiro atoms. The van der Waals surface area contributed by atoms with Gasteiger partial charge >= 0.3 is 5.97 Å². The number of hydrogen-bond acceptors (Lipinski definition) is 3. The number of carbonyl (C=O) groups is 1. The van der Waals surface area contributed by atoms with Crippen LogP contribution >= 0.6 is 0 Å². The first-order valence-corrected chi connectivity index (χ1v) is 6.51. The van der Waals surface area contributed by atoms with Gasteiger partial charge in [0.1, 0.15) is 5.75 Å². The van der Waals surface area contributed by atoms with E-state index in [9.17, 15) is 9.90 Å². The van der Waals surface area contributed by atoms with E-state index in [0.717, 1.165) is 16.7 Å². The largest absolute Gasteiger partial charge is 0.507 e. The molecule has 0 fully saturated rings. The van der Waals surface area contributed by atoms with Gasteiger partial charge in [-0.2, -0.15) is 0 Å². The van der Waals surface area contributed by atoms with E-state index in [4.69, 9.17) is 0 Å². The smallest absolute Gasteiger partial charge is 0.330 e. The van der Waals surface area contributed by atoms with Gasteiger partial charge in [0.05, 0.1) is 7.11 Å². The quantitative estimate of drug-likeness (QED) is 0.527. The lowest BCUT2D eigenvalue weighted by atomic mass is 10.1. The van der Waals surface area contributed by atoms with Crippen LogP contribution in [0.15, 0.2) is 54.6 Å². The number of phenols is 1. The van der Waals surface area contributed by atoms with E-state index in [-0.39, 0.29) is 11.7 Å². The number of ether oxygens (including phenoxy) is 1. The Kier molecular flexibility index (Phi) is 4.94. The summed E-state index contributed by atoms with van der Waals surface area (Å²) in [6.45, 7) is 0. The highest BCUT2D eigenvalue weighted by molar-refractivity contribution is 5.87. The van der Waals surface area contributed by atoms with Crippen LogP contribution in [-0.2, 0) is 9.53 Å². The lowest BCUT2D eigenvalue weighted by molar-refractivity contribution is -0.134. The highest BCUT2D eigenvalue weighted by Gasteiger charge is 1.95. The molecule has 0 amide bonds. The molecule has 3 heteroatoms. The van der Waals surface area contributed by atoms with Crippen molar-refractivity contribution < 1.29 is 14.6 Å². The minimum Gasteiger partial charge on any atom is -0.507 e. The number of carbonyl (C=O) groups excluding carboxylic acids is 1. The van der Waals surface area contributed by atoms with Gasteiger partial charge in [-0.3, -0.25) is 0 Å².